The maximum Gasteiger partial charge on any atom is 0.248 e. The van der Waals surface area contributed by atoms with Crippen LogP contribution < -0.4 is 0 Å². The number of hydrogen-bond donors (Lipinski definition) is 0. The van der Waals surface area contributed by atoms with E-state index in [1.807, 2.05) is 13.8 Å². The van der Waals surface area contributed by atoms with Gasteiger partial charge in [-0.1, -0.05) is 24.7 Å². The molecule has 1 rings (SSSR count). The largest absolute Gasteiger partial charge is 0.322 e. The summed E-state index contributed by atoms with van der Waals surface area (Å²) in [5, 5.41) is -0.0450. The van der Waals surface area contributed by atoms with Gasteiger partial charge in [-0.15, -0.1) is 0 Å². The van der Waals surface area contributed by atoms with Crippen LogP contribution in [0.1, 0.15) is 46.5 Å². The predicted octanol–water partition coefficient (Wildman–Crippen LogP) is 4.16. The molecule has 2 unspecified atom stereocenters. The molecule has 0 heterocycles. The van der Waals surface area contributed by atoms with Gasteiger partial charge in [-0.05, 0) is 44.4 Å². The third-order valence-electron chi connectivity index (χ3n) is 2.98. The minimum absolute atomic E-state index is 0.0450. The first kappa shape index (κ1) is 16.6. The molecule has 1 fully saturated rings. The monoisotopic (exact) mass is 310 g/mol. The van der Waals surface area contributed by atoms with Crippen LogP contribution in [0.15, 0.2) is 0 Å². The molecule has 106 valence electrons. The number of rotatable bonds is 6. The summed E-state index contributed by atoms with van der Waals surface area (Å²) in [7, 11) is 0. The molecule has 0 N–H and O–H groups in total. The quantitative estimate of drug-likeness (QED) is 0.543. The number of Topliss-reactive ketones (excluding diaryl/α,β-unsaturated/α-hetero) is 1. The fraction of sp³-hybridized carbons (Fsp3) is 0.917. The van der Waals surface area contributed by atoms with Crippen LogP contribution >= 0.6 is 17.1 Å². The standard InChI is InChI=1S/C12H23O3PS2/c1-4-14-16(17,15-5-2)18-12-10(3)8-6-7-9-11(12)13/h10,12H,4-9H2,1-3H3. The molecule has 0 aliphatic heterocycles. The highest BCUT2D eigenvalue weighted by molar-refractivity contribution is 8.68. The summed E-state index contributed by atoms with van der Waals surface area (Å²) < 4.78 is 11.2. The summed E-state index contributed by atoms with van der Waals surface area (Å²) in [4.78, 5) is 12.2. The van der Waals surface area contributed by atoms with Crippen molar-refractivity contribution in [3.63, 3.8) is 0 Å². The molecule has 0 aromatic carbocycles. The molecule has 0 amide bonds. The molecule has 1 aliphatic carbocycles. The lowest BCUT2D eigenvalue weighted by Gasteiger charge is -2.27. The van der Waals surface area contributed by atoms with Crippen LogP contribution in [-0.2, 0) is 25.6 Å². The van der Waals surface area contributed by atoms with Crippen molar-refractivity contribution in [3.05, 3.63) is 0 Å². The van der Waals surface area contributed by atoms with Crippen molar-refractivity contribution in [3.8, 4) is 0 Å². The zero-order valence-corrected chi connectivity index (χ0v) is 13.9. The van der Waals surface area contributed by atoms with E-state index in [1.54, 1.807) is 0 Å². The average Bonchev–Trinajstić information content (AvgIpc) is 2.45. The Morgan fingerprint density at radius 1 is 1.33 bits per heavy atom. The Kier molecular flexibility index (Phi) is 7.40. The van der Waals surface area contributed by atoms with Crippen LogP contribution in [0, 0.1) is 5.92 Å². The van der Waals surface area contributed by atoms with E-state index in [4.69, 9.17) is 20.9 Å². The van der Waals surface area contributed by atoms with E-state index < -0.39 is 5.69 Å². The molecule has 18 heavy (non-hydrogen) atoms. The van der Waals surface area contributed by atoms with Crippen molar-refractivity contribution < 1.29 is 13.8 Å². The first-order valence-electron chi connectivity index (χ1n) is 6.62. The first-order valence-corrected chi connectivity index (χ1v) is 10.7. The zero-order chi connectivity index (χ0) is 13.6. The van der Waals surface area contributed by atoms with E-state index in [0.29, 0.717) is 31.3 Å². The second-order valence-electron chi connectivity index (χ2n) is 4.50. The highest BCUT2D eigenvalue weighted by Gasteiger charge is 2.34. The summed E-state index contributed by atoms with van der Waals surface area (Å²) in [6.45, 7) is 7.05. The molecule has 2 atom stereocenters. The van der Waals surface area contributed by atoms with Gasteiger partial charge in [-0.2, -0.15) is 0 Å². The maximum atomic E-state index is 12.2. The van der Waals surface area contributed by atoms with Gasteiger partial charge in [-0.25, -0.2) is 0 Å². The SMILES string of the molecule is CCOP(=S)(OCC)SC1C(=O)CCCCC1C. The highest BCUT2D eigenvalue weighted by Crippen LogP contribution is 2.64. The predicted molar refractivity (Wildman–Crippen MR) is 81.6 cm³/mol. The molecular weight excluding hydrogens is 287 g/mol. The number of ketones is 1. The molecule has 0 bridgehead atoms. The van der Waals surface area contributed by atoms with Crippen molar-refractivity contribution in [1.82, 2.24) is 0 Å². The fourth-order valence-electron chi connectivity index (χ4n) is 2.09. The molecule has 1 aliphatic rings. The molecule has 1 saturated carbocycles. The van der Waals surface area contributed by atoms with Crippen molar-refractivity contribution in [2.45, 2.75) is 51.7 Å². The lowest BCUT2D eigenvalue weighted by Crippen LogP contribution is -2.23. The van der Waals surface area contributed by atoms with Gasteiger partial charge in [0.25, 0.3) is 0 Å². The molecule has 0 aromatic rings. The number of carbonyl (C=O) groups excluding carboxylic acids is 1. The summed E-state index contributed by atoms with van der Waals surface area (Å²) in [5.41, 5.74) is -2.35. The van der Waals surface area contributed by atoms with Crippen molar-refractivity contribution >= 4 is 34.7 Å². The van der Waals surface area contributed by atoms with E-state index in [0.717, 1.165) is 19.3 Å². The Balaban J connectivity index is 2.76. The van der Waals surface area contributed by atoms with E-state index >= 15 is 0 Å². The minimum Gasteiger partial charge on any atom is -0.322 e. The van der Waals surface area contributed by atoms with Gasteiger partial charge >= 0.3 is 0 Å². The van der Waals surface area contributed by atoms with Gasteiger partial charge in [0.15, 0.2) is 0 Å². The Labute approximate surface area is 119 Å². The van der Waals surface area contributed by atoms with E-state index in [9.17, 15) is 4.79 Å². The second kappa shape index (κ2) is 8.01. The lowest BCUT2D eigenvalue weighted by atomic mass is 10.0. The number of hydrogen-bond acceptors (Lipinski definition) is 5. The van der Waals surface area contributed by atoms with Crippen LogP contribution in [0.5, 0.6) is 0 Å². The minimum atomic E-state index is -2.35. The van der Waals surface area contributed by atoms with Crippen molar-refractivity contribution in [1.29, 1.82) is 0 Å². The van der Waals surface area contributed by atoms with Gasteiger partial charge in [0.1, 0.15) is 5.78 Å². The Bertz CT molecular complexity index is 312. The third-order valence-corrected chi connectivity index (χ3v) is 8.84. The highest BCUT2D eigenvalue weighted by atomic mass is 32.9. The van der Waals surface area contributed by atoms with Crippen LogP contribution in [0.3, 0.4) is 0 Å². The van der Waals surface area contributed by atoms with E-state index in [-0.39, 0.29) is 5.25 Å². The normalized spacial score (nSPS) is 26.1. The topological polar surface area (TPSA) is 35.5 Å². The summed E-state index contributed by atoms with van der Waals surface area (Å²) >= 11 is 6.99. The third kappa shape index (κ3) is 4.93. The van der Waals surface area contributed by atoms with Gasteiger partial charge in [-0.3, -0.25) is 4.79 Å². The molecule has 0 radical (unpaired) electrons. The summed E-state index contributed by atoms with van der Waals surface area (Å²) in [5.74, 6) is 0.687. The van der Waals surface area contributed by atoms with Gasteiger partial charge in [0.05, 0.1) is 18.5 Å². The van der Waals surface area contributed by atoms with Crippen LogP contribution in [0.4, 0.5) is 0 Å². The molecule has 3 nitrogen and oxygen atoms in total. The first-order chi connectivity index (χ1) is 8.52. The summed E-state index contributed by atoms with van der Waals surface area (Å²) in [6.07, 6.45) is 3.91. The molecular formula is C12H23O3PS2. The van der Waals surface area contributed by atoms with E-state index in [2.05, 4.69) is 6.92 Å². The molecule has 0 saturated heterocycles. The van der Waals surface area contributed by atoms with Crippen LogP contribution in [0.25, 0.3) is 0 Å². The number of carbonyl (C=O) groups is 1. The smallest absolute Gasteiger partial charge is 0.248 e. The van der Waals surface area contributed by atoms with Crippen molar-refractivity contribution in [2.75, 3.05) is 13.2 Å². The van der Waals surface area contributed by atoms with Gasteiger partial charge in [0.2, 0.25) is 5.69 Å². The van der Waals surface area contributed by atoms with Crippen LogP contribution in [-0.4, -0.2) is 24.2 Å². The van der Waals surface area contributed by atoms with Gasteiger partial charge in [0, 0.05) is 6.42 Å². The fourth-order valence-corrected chi connectivity index (χ4v) is 8.05. The molecule has 0 spiro atoms. The van der Waals surface area contributed by atoms with Crippen LogP contribution in [0.2, 0.25) is 0 Å². The molecule has 0 aromatic heterocycles. The maximum absolute atomic E-state index is 12.2. The lowest BCUT2D eigenvalue weighted by molar-refractivity contribution is -0.118. The Morgan fingerprint density at radius 2 is 1.94 bits per heavy atom. The molecule has 6 heteroatoms. The second-order valence-corrected chi connectivity index (χ2v) is 10.8. The Morgan fingerprint density at radius 3 is 2.50 bits per heavy atom. The van der Waals surface area contributed by atoms with E-state index in [1.165, 1.54) is 11.4 Å². The zero-order valence-electron chi connectivity index (χ0n) is 11.4. The Hall–Kier alpha value is 0.590. The van der Waals surface area contributed by atoms with Crippen molar-refractivity contribution in [2.24, 2.45) is 5.92 Å². The van der Waals surface area contributed by atoms with Gasteiger partial charge < -0.3 is 9.05 Å². The average molecular weight is 310 g/mol. The summed E-state index contributed by atoms with van der Waals surface area (Å²) in [6, 6.07) is 0.